The number of hydrogen-bond acceptors (Lipinski definition) is 5. The highest BCUT2D eigenvalue weighted by atomic mass is 32.2. The van der Waals surface area contributed by atoms with Crippen LogP contribution in [0.2, 0.25) is 0 Å². The van der Waals surface area contributed by atoms with Crippen LogP contribution in [0.3, 0.4) is 0 Å². The third-order valence-corrected chi connectivity index (χ3v) is 7.66. The first kappa shape index (κ1) is 24.0. The Morgan fingerprint density at radius 3 is 2.39 bits per heavy atom. The van der Waals surface area contributed by atoms with Crippen LogP contribution in [0.1, 0.15) is 30.4 Å². The summed E-state index contributed by atoms with van der Waals surface area (Å²) in [5.41, 5.74) is 2.17. The van der Waals surface area contributed by atoms with Gasteiger partial charge < -0.3 is 9.47 Å². The summed E-state index contributed by atoms with van der Waals surface area (Å²) in [6.45, 7) is 2.81. The monoisotopic (exact) mass is 500 g/mol. The van der Waals surface area contributed by atoms with Crippen LogP contribution in [-0.4, -0.2) is 38.0 Å². The van der Waals surface area contributed by atoms with Crippen LogP contribution in [0.25, 0.3) is 11.0 Å². The minimum Gasteiger partial charge on any atom is -0.357 e. The van der Waals surface area contributed by atoms with Crippen LogP contribution in [0.15, 0.2) is 76.7 Å². The van der Waals surface area contributed by atoms with Crippen molar-refractivity contribution in [3.63, 3.8) is 0 Å². The van der Waals surface area contributed by atoms with E-state index in [-0.39, 0.29) is 5.56 Å². The molecule has 184 valence electrons. The highest BCUT2D eigenvalue weighted by Crippen LogP contribution is 2.32. The first-order valence-electron chi connectivity index (χ1n) is 12.2. The Labute approximate surface area is 212 Å². The van der Waals surface area contributed by atoms with E-state index in [0.717, 1.165) is 37.3 Å². The second kappa shape index (κ2) is 10.9. The SMILES string of the molecule is N#Cc1c(N2CCCCC2)n(Cc2ccccc2)c2c(=O)n(CCNS(=O)c3ccccc3)cnc12. The van der Waals surface area contributed by atoms with Gasteiger partial charge in [-0.2, -0.15) is 5.26 Å². The van der Waals surface area contributed by atoms with E-state index in [1.165, 1.54) is 17.3 Å². The van der Waals surface area contributed by atoms with Crippen LogP contribution >= 0.6 is 0 Å². The van der Waals surface area contributed by atoms with E-state index in [1.54, 1.807) is 12.1 Å². The molecule has 5 rings (SSSR count). The Hall–Kier alpha value is -3.74. The van der Waals surface area contributed by atoms with Gasteiger partial charge >= 0.3 is 0 Å². The highest BCUT2D eigenvalue weighted by molar-refractivity contribution is 7.83. The lowest BCUT2D eigenvalue weighted by molar-refractivity contribution is 0.564. The molecule has 0 bridgehead atoms. The van der Waals surface area contributed by atoms with Crippen molar-refractivity contribution >= 4 is 27.8 Å². The van der Waals surface area contributed by atoms with Gasteiger partial charge in [0.2, 0.25) is 0 Å². The Bertz CT molecular complexity index is 1470. The van der Waals surface area contributed by atoms with E-state index in [4.69, 9.17) is 0 Å². The summed E-state index contributed by atoms with van der Waals surface area (Å²) >= 11 is 0. The fourth-order valence-corrected chi connectivity index (χ4v) is 5.60. The number of nitriles is 1. The summed E-state index contributed by atoms with van der Waals surface area (Å²) in [4.78, 5) is 21.2. The average molecular weight is 501 g/mol. The maximum atomic E-state index is 13.7. The maximum Gasteiger partial charge on any atom is 0.278 e. The van der Waals surface area contributed by atoms with E-state index in [9.17, 15) is 14.3 Å². The Morgan fingerprint density at radius 2 is 1.69 bits per heavy atom. The molecule has 0 spiro atoms. The summed E-state index contributed by atoms with van der Waals surface area (Å²) in [5.74, 6) is 0.779. The van der Waals surface area contributed by atoms with Gasteiger partial charge in [0, 0.05) is 32.7 Å². The summed E-state index contributed by atoms with van der Waals surface area (Å²) in [5, 5.41) is 10.1. The molecule has 0 saturated carbocycles. The summed E-state index contributed by atoms with van der Waals surface area (Å²) in [6.07, 6.45) is 4.77. The fourth-order valence-electron chi connectivity index (χ4n) is 4.75. The third-order valence-electron chi connectivity index (χ3n) is 6.49. The number of piperidine rings is 1. The van der Waals surface area contributed by atoms with Gasteiger partial charge in [0.1, 0.15) is 39.5 Å². The molecule has 1 N–H and O–H groups in total. The Morgan fingerprint density at radius 1 is 1.00 bits per heavy atom. The number of nitrogens with one attached hydrogen (secondary N) is 1. The number of hydrogen-bond donors (Lipinski definition) is 1. The molecule has 8 nitrogen and oxygen atoms in total. The highest BCUT2D eigenvalue weighted by Gasteiger charge is 2.26. The number of nitrogens with zero attached hydrogens (tertiary/aromatic N) is 5. The number of anilines is 1. The summed E-state index contributed by atoms with van der Waals surface area (Å²) < 4.78 is 19.0. The van der Waals surface area contributed by atoms with Gasteiger partial charge in [0.05, 0.1) is 11.2 Å². The van der Waals surface area contributed by atoms with E-state index in [0.29, 0.717) is 41.1 Å². The molecule has 4 aromatic rings. The normalized spacial score (nSPS) is 14.6. The van der Waals surface area contributed by atoms with Gasteiger partial charge in [-0.3, -0.25) is 9.36 Å². The largest absolute Gasteiger partial charge is 0.357 e. The molecule has 1 aliphatic rings. The lowest BCUT2D eigenvalue weighted by Gasteiger charge is -2.30. The molecule has 1 fully saturated rings. The van der Waals surface area contributed by atoms with Gasteiger partial charge in [0.15, 0.2) is 0 Å². The van der Waals surface area contributed by atoms with Crippen molar-refractivity contribution in [3.05, 3.63) is 88.5 Å². The van der Waals surface area contributed by atoms with E-state index in [1.807, 2.05) is 53.1 Å². The van der Waals surface area contributed by atoms with Gasteiger partial charge in [-0.1, -0.05) is 48.5 Å². The van der Waals surface area contributed by atoms with Crippen LogP contribution in [0.4, 0.5) is 5.82 Å². The van der Waals surface area contributed by atoms with Crippen molar-refractivity contribution in [1.82, 2.24) is 18.8 Å². The first-order chi connectivity index (χ1) is 17.7. The molecule has 9 heteroatoms. The molecule has 2 aromatic heterocycles. The zero-order valence-corrected chi connectivity index (χ0v) is 20.8. The molecule has 0 amide bonds. The van der Waals surface area contributed by atoms with Crippen molar-refractivity contribution in [2.75, 3.05) is 24.5 Å². The second-order valence-corrected chi connectivity index (χ2v) is 10.1. The predicted molar refractivity (Wildman–Crippen MR) is 141 cm³/mol. The van der Waals surface area contributed by atoms with Crippen molar-refractivity contribution in [2.24, 2.45) is 0 Å². The lowest BCUT2D eigenvalue weighted by atomic mass is 10.1. The predicted octanol–water partition coefficient (Wildman–Crippen LogP) is 3.42. The number of aromatic nitrogens is 3. The third kappa shape index (κ3) is 4.83. The smallest absolute Gasteiger partial charge is 0.278 e. The quantitative estimate of drug-likeness (QED) is 0.400. The van der Waals surface area contributed by atoms with Crippen LogP contribution in [0.5, 0.6) is 0 Å². The summed E-state index contributed by atoms with van der Waals surface area (Å²) in [6, 6.07) is 21.4. The molecule has 3 heterocycles. The standard InChI is InChI=1S/C27H28N6O2S/c28-18-23-24-25(27(34)32(20-29-24)17-14-30-36(35)22-12-6-2-7-13-22)33(19-21-10-4-1-5-11-21)26(23)31-15-8-3-9-16-31/h1-2,4-7,10-13,20,30H,3,8-9,14-17,19H2. The molecule has 1 saturated heterocycles. The average Bonchev–Trinajstić information content (AvgIpc) is 3.25. The van der Waals surface area contributed by atoms with Crippen molar-refractivity contribution in [3.8, 4) is 6.07 Å². The molecule has 36 heavy (non-hydrogen) atoms. The molecular formula is C27H28N6O2S. The molecule has 1 atom stereocenters. The lowest BCUT2D eigenvalue weighted by Crippen LogP contribution is -2.32. The zero-order valence-electron chi connectivity index (χ0n) is 20.0. The molecule has 0 radical (unpaired) electrons. The van der Waals surface area contributed by atoms with Crippen molar-refractivity contribution in [2.45, 2.75) is 37.2 Å². The van der Waals surface area contributed by atoms with Crippen molar-refractivity contribution < 1.29 is 4.21 Å². The molecule has 1 unspecified atom stereocenters. The van der Waals surface area contributed by atoms with Gasteiger partial charge in [-0.25, -0.2) is 13.9 Å². The molecular weight excluding hydrogens is 472 g/mol. The minimum absolute atomic E-state index is 0.206. The maximum absolute atomic E-state index is 13.7. The van der Waals surface area contributed by atoms with Gasteiger partial charge in [-0.05, 0) is 37.0 Å². The second-order valence-electron chi connectivity index (χ2n) is 8.85. The Kier molecular flexibility index (Phi) is 7.26. The van der Waals surface area contributed by atoms with Gasteiger partial charge in [0.25, 0.3) is 5.56 Å². The van der Waals surface area contributed by atoms with E-state index >= 15 is 0 Å². The van der Waals surface area contributed by atoms with E-state index in [2.05, 4.69) is 20.7 Å². The van der Waals surface area contributed by atoms with Crippen molar-refractivity contribution in [1.29, 1.82) is 5.26 Å². The topological polar surface area (TPSA) is 96.0 Å². The minimum atomic E-state index is -1.37. The van der Waals surface area contributed by atoms with Crippen LogP contribution in [-0.2, 0) is 24.1 Å². The summed E-state index contributed by atoms with van der Waals surface area (Å²) in [7, 11) is -1.37. The van der Waals surface area contributed by atoms with Crippen LogP contribution < -0.4 is 15.2 Å². The Balaban J connectivity index is 1.52. The molecule has 1 aliphatic heterocycles. The number of benzene rings is 2. The van der Waals surface area contributed by atoms with Crippen LogP contribution in [0, 0.1) is 11.3 Å². The first-order valence-corrected chi connectivity index (χ1v) is 13.3. The number of rotatable bonds is 8. The van der Waals surface area contributed by atoms with Gasteiger partial charge in [-0.15, -0.1) is 0 Å². The number of fused-ring (bicyclic) bond motifs is 1. The zero-order chi connectivity index (χ0) is 24.9. The fraction of sp³-hybridized carbons (Fsp3) is 0.296. The van der Waals surface area contributed by atoms with E-state index < -0.39 is 11.0 Å². The molecule has 2 aromatic carbocycles. The molecule has 0 aliphatic carbocycles.